The van der Waals surface area contributed by atoms with Gasteiger partial charge in [0.1, 0.15) is 11.5 Å². The molecule has 0 fully saturated rings. The van der Waals surface area contributed by atoms with Crippen LogP contribution in [0.5, 0.6) is 11.5 Å². The quantitative estimate of drug-likeness (QED) is 0.850. The van der Waals surface area contributed by atoms with Gasteiger partial charge < -0.3 is 14.8 Å². The molecule has 0 radical (unpaired) electrons. The number of hydrogen-bond donors (Lipinski definition) is 1. The first-order valence-corrected chi connectivity index (χ1v) is 5.97. The molecule has 5 nitrogen and oxygen atoms in total. The molecule has 0 saturated heterocycles. The minimum atomic E-state index is -0.150. The maximum atomic E-state index is 11.5. The summed E-state index contributed by atoms with van der Waals surface area (Å²) >= 11 is 0. The highest BCUT2D eigenvalue weighted by atomic mass is 16.5. The highest BCUT2D eigenvalue weighted by molar-refractivity contribution is 5.76. The minimum absolute atomic E-state index is 0.150. The molecule has 0 unspecified atom stereocenters. The van der Waals surface area contributed by atoms with E-state index < -0.39 is 0 Å². The number of methoxy groups -OCH3 is 2. The maximum absolute atomic E-state index is 11.5. The van der Waals surface area contributed by atoms with Gasteiger partial charge in [-0.2, -0.15) is 5.26 Å². The number of carbonyl (C=O) groups is 1. The van der Waals surface area contributed by atoms with E-state index in [1.165, 1.54) is 0 Å². The highest BCUT2D eigenvalue weighted by Crippen LogP contribution is 2.28. The molecule has 0 atom stereocenters. The van der Waals surface area contributed by atoms with Crippen molar-refractivity contribution in [1.82, 2.24) is 5.32 Å². The Kier molecular flexibility index (Phi) is 5.68. The zero-order valence-corrected chi connectivity index (χ0v) is 11.4. The van der Waals surface area contributed by atoms with Gasteiger partial charge >= 0.3 is 0 Å². The number of rotatable bonds is 6. The van der Waals surface area contributed by atoms with Gasteiger partial charge in [0.25, 0.3) is 0 Å². The molecule has 1 aromatic carbocycles. The van der Waals surface area contributed by atoms with Gasteiger partial charge in [-0.05, 0) is 24.6 Å². The van der Waals surface area contributed by atoms with Crippen molar-refractivity contribution in [3.8, 4) is 17.6 Å². The summed E-state index contributed by atoms with van der Waals surface area (Å²) in [5.74, 6) is 1.31. The maximum Gasteiger partial charge on any atom is 0.221 e. The third-order valence-corrected chi connectivity index (χ3v) is 2.74. The summed E-state index contributed by atoms with van der Waals surface area (Å²) < 4.78 is 10.5. The van der Waals surface area contributed by atoms with Crippen molar-refractivity contribution >= 4 is 5.91 Å². The first-order valence-electron chi connectivity index (χ1n) is 5.97. The van der Waals surface area contributed by atoms with Crippen molar-refractivity contribution in [3.63, 3.8) is 0 Å². The summed E-state index contributed by atoms with van der Waals surface area (Å²) in [6.45, 7) is 2.28. The molecule has 0 bridgehead atoms. The fourth-order valence-electron chi connectivity index (χ4n) is 1.70. The Bertz CT molecular complexity index is 492. The number of hydrogen-bond acceptors (Lipinski definition) is 4. The van der Waals surface area contributed by atoms with E-state index in [2.05, 4.69) is 5.32 Å². The Morgan fingerprint density at radius 3 is 2.58 bits per heavy atom. The zero-order chi connectivity index (χ0) is 14.3. The molecule has 1 amide bonds. The van der Waals surface area contributed by atoms with E-state index in [0.29, 0.717) is 12.3 Å². The second-order valence-corrected chi connectivity index (χ2v) is 4.07. The van der Waals surface area contributed by atoms with Crippen LogP contribution in [0, 0.1) is 18.3 Å². The molecule has 0 spiro atoms. The number of nitriles is 1. The standard InChI is InChI=1S/C14H18N2O3/c1-10-7-13(19-3)11(8-12(10)18-2)9-16-14(17)5-4-6-15/h7-8H,4-5,9H2,1-3H3,(H,16,17). The lowest BCUT2D eigenvalue weighted by Crippen LogP contribution is -2.22. The first kappa shape index (κ1) is 14.8. The number of nitrogens with one attached hydrogen (secondary N) is 1. The molecule has 0 aliphatic rings. The van der Waals surface area contributed by atoms with Crippen LogP contribution in [-0.4, -0.2) is 20.1 Å². The van der Waals surface area contributed by atoms with Crippen molar-refractivity contribution in [2.45, 2.75) is 26.3 Å². The first-order chi connectivity index (χ1) is 9.12. The third-order valence-electron chi connectivity index (χ3n) is 2.74. The van der Waals surface area contributed by atoms with Crippen LogP contribution in [0.4, 0.5) is 0 Å². The van der Waals surface area contributed by atoms with Gasteiger partial charge in [0.05, 0.1) is 20.3 Å². The van der Waals surface area contributed by atoms with E-state index in [4.69, 9.17) is 14.7 Å². The van der Waals surface area contributed by atoms with E-state index in [9.17, 15) is 4.79 Å². The topological polar surface area (TPSA) is 71.3 Å². The number of aryl methyl sites for hydroxylation is 1. The lowest BCUT2D eigenvalue weighted by molar-refractivity contribution is -0.121. The van der Waals surface area contributed by atoms with E-state index in [1.54, 1.807) is 14.2 Å². The second kappa shape index (κ2) is 7.27. The zero-order valence-electron chi connectivity index (χ0n) is 11.4. The normalized spacial score (nSPS) is 9.58. The Labute approximate surface area is 113 Å². The average Bonchev–Trinajstić information content (AvgIpc) is 2.43. The Hall–Kier alpha value is -2.22. The molecule has 0 saturated carbocycles. The van der Waals surface area contributed by atoms with Crippen LogP contribution < -0.4 is 14.8 Å². The molecule has 0 heterocycles. The largest absolute Gasteiger partial charge is 0.496 e. The van der Waals surface area contributed by atoms with Gasteiger partial charge in [0.2, 0.25) is 5.91 Å². The SMILES string of the molecule is COc1cc(CNC(=O)CCC#N)c(OC)cc1C. The fourth-order valence-corrected chi connectivity index (χ4v) is 1.70. The van der Waals surface area contributed by atoms with Crippen LogP contribution in [0.1, 0.15) is 24.0 Å². The Morgan fingerprint density at radius 2 is 2.00 bits per heavy atom. The molecule has 1 N–H and O–H groups in total. The minimum Gasteiger partial charge on any atom is -0.496 e. The Morgan fingerprint density at radius 1 is 1.32 bits per heavy atom. The average molecular weight is 262 g/mol. The number of amides is 1. The summed E-state index contributed by atoms with van der Waals surface area (Å²) in [4.78, 5) is 11.5. The lowest BCUT2D eigenvalue weighted by Gasteiger charge is -2.13. The smallest absolute Gasteiger partial charge is 0.221 e. The monoisotopic (exact) mass is 262 g/mol. The highest BCUT2D eigenvalue weighted by Gasteiger charge is 2.09. The van der Waals surface area contributed by atoms with Crippen molar-refractivity contribution in [2.75, 3.05) is 14.2 Å². The van der Waals surface area contributed by atoms with Gasteiger partial charge in [-0.25, -0.2) is 0 Å². The number of carbonyl (C=O) groups excluding carboxylic acids is 1. The van der Waals surface area contributed by atoms with Crippen LogP contribution in [0.25, 0.3) is 0 Å². The van der Waals surface area contributed by atoms with E-state index in [0.717, 1.165) is 16.9 Å². The van der Waals surface area contributed by atoms with E-state index >= 15 is 0 Å². The molecule has 19 heavy (non-hydrogen) atoms. The van der Waals surface area contributed by atoms with Gasteiger partial charge in [-0.15, -0.1) is 0 Å². The molecule has 102 valence electrons. The molecule has 5 heteroatoms. The lowest BCUT2D eigenvalue weighted by atomic mass is 10.1. The van der Waals surface area contributed by atoms with Crippen molar-refractivity contribution < 1.29 is 14.3 Å². The molecule has 0 aromatic heterocycles. The molecular formula is C14H18N2O3. The predicted octanol–water partition coefficient (Wildman–Crippen LogP) is 1.93. The summed E-state index contributed by atoms with van der Waals surface area (Å²) in [5, 5.41) is 11.2. The molecule has 1 rings (SSSR count). The molecule has 1 aromatic rings. The molecule has 0 aliphatic heterocycles. The Balaban J connectivity index is 2.77. The van der Waals surface area contributed by atoms with Crippen molar-refractivity contribution in [1.29, 1.82) is 5.26 Å². The van der Waals surface area contributed by atoms with Gasteiger partial charge in [-0.1, -0.05) is 0 Å². The molecular weight excluding hydrogens is 244 g/mol. The fraction of sp³-hybridized carbons (Fsp3) is 0.429. The third kappa shape index (κ3) is 4.18. The second-order valence-electron chi connectivity index (χ2n) is 4.07. The van der Waals surface area contributed by atoms with Crippen LogP contribution >= 0.6 is 0 Å². The van der Waals surface area contributed by atoms with E-state index in [1.807, 2.05) is 25.1 Å². The van der Waals surface area contributed by atoms with E-state index in [-0.39, 0.29) is 18.7 Å². The predicted molar refractivity (Wildman–Crippen MR) is 71.0 cm³/mol. The van der Waals surface area contributed by atoms with Crippen LogP contribution in [0.15, 0.2) is 12.1 Å². The summed E-state index contributed by atoms with van der Waals surface area (Å²) in [6.07, 6.45) is 0.433. The van der Waals surface area contributed by atoms with Gasteiger partial charge in [-0.3, -0.25) is 4.79 Å². The number of ether oxygens (including phenoxy) is 2. The summed E-state index contributed by atoms with van der Waals surface area (Å²) in [5.41, 5.74) is 1.81. The van der Waals surface area contributed by atoms with Crippen molar-refractivity contribution in [2.24, 2.45) is 0 Å². The van der Waals surface area contributed by atoms with Gasteiger partial charge in [0, 0.05) is 24.9 Å². The summed E-state index contributed by atoms with van der Waals surface area (Å²) in [6, 6.07) is 5.66. The van der Waals surface area contributed by atoms with Crippen LogP contribution in [0.2, 0.25) is 0 Å². The van der Waals surface area contributed by atoms with Crippen LogP contribution in [0.3, 0.4) is 0 Å². The van der Waals surface area contributed by atoms with Gasteiger partial charge in [0.15, 0.2) is 0 Å². The van der Waals surface area contributed by atoms with Crippen molar-refractivity contribution in [3.05, 3.63) is 23.3 Å². The van der Waals surface area contributed by atoms with Crippen LogP contribution in [-0.2, 0) is 11.3 Å². The summed E-state index contributed by atoms with van der Waals surface area (Å²) in [7, 11) is 3.19. The number of nitrogens with zero attached hydrogens (tertiary/aromatic N) is 1. The number of benzene rings is 1. The molecule has 0 aliphatic carbocycles.